The van der Waals surface area contributed by atoms with Gasteiger partial charge in [0.05, 0.1) is 27.5 Å². The molecule has 1 fully saturated rings. The minimum atomic E-state index is -3.86. The molecular formula is C21H21N3O5S2. The predicted molar refractivity (Wildman–Crippen MR) is 118 cm³/mol. The van der Waals surface area contributed by atoms with Gasteiger partial charge < -0.3 is 5.32 Å². The molecular weight excluding hydrogens is 438 g/mol. The maximum absolute atomic E-state index is 12.8. The third-order valence-electron chi connectivity index (χ3n) is 5.07. The summed E-state index contributed by atoms with van der Waals surface area (Å²) in [6.45, 7) is 1.81. The molecule has 1 aromatic heterocycles. The molecule has 1 aliphatic heterocycles. The number of sulfone groups is 1. The highest BCUT2D eigenvalue weighted by molar-refractivity contribution is 7.92. The van der Waals surface area contributed by atoms with Crippen molar-refractivity contribution < 1.29 is 21.6 Å². The van der Waals surface area contributed by atoms with E-state index in [4.69, 9.17) is 0 Å². The number of para-hydroxylation sites is 1. The number of sulfonamides is 1. The van der Waals surface area contributed by atoms with Crippen molar-refractivity contribution in [2.45, 2.75) is 24.3 Å². The van der Waals surface area contributed by atoms with Crippen LogP contribution in [0.15, 0.2) is 59.5 Å². The highest BCUT2D eigenvalue weighted by Crippen LogP contribution is 2.21. The first kappa shape index (κ1) is 21.4. The molecule has 3 aromatic rings. The highest BCUT2D eigenvalue weighted by Gasteiger charge is 2.31. The Labute approximate surface area is 180 Å². The monoisotopic (exact) mass is 459 g/mol. The summed E-state index contributed by atoms with van der Waals surface area (Å²) in [7, 11) is -7.06. The Balaban J connectivity index is 1.51. The largest absolute Gasteiger partial charge is 0.322 e. The molecule has 0 saturated carbocycles. The summed E-state index contributed by atoms with van der Waals surface area (Å²) >= 11 is 0. The summed E-state index contributed by atoms with van der Waals surface area (Å²) in [6.07, 6.45) is 0.259. The van der Waals surface area contributed by atoms with Crippen molar-refractivity contribution in [2.75, 3.05) is 16.8 Å². The van der Waals surface area contributed by atoms with Crippen LogP contribution in [-0.2, 0) is 19.9 Å². The van der Waals surface area contributed by atoms with Gasteiger partial charge >= 0.3 is 0 Å². The number of nitrogens with one attached hydrogen (secondary N) is 2. The van der Waals surface area contributed by atoms with Gasteiger partial charge in [-0.2, -0.15) is 0 Å². The molecule has 4 rings (SSSR count). The van der Waals surface area contributed by atoms with Gasteiger partial charge in [-0.25, -0.2) is 21.6 Å². The van der Waals surface area contributed by atoms with Crippen LogP contribution in [0.2, 0.25) is 0 Å². The second-order valence-electron chi connectivity index (χ2n) is 7.53. The van der Waals surface area contributed by atoms with E-state index in [1.165, 1.54) is 24.3 Å². The smallest absolute Gasteiger partial charge is 0.256 e. The van der Waals surface area contributed by atoms with E-state index < -0.39 is 25.9 Å². The van der Waals surface area contributed by atoms with E-state index in [9.17, 15) is 21.6 Å². The van der Waals surface area contributed by atoms with Gasteiger partial charge in [-0.05, 0) is 49.7 Å². The van der Waals surface area contributed by atoms with Crippen LogP contribution < -0.4 is 10.0 Å². The fourth-order valence-corrected chi connectivity index (χ4v) is 6.64. The number of aryl methyl sites for hydroxylation is 1. The van der Waals surface area contributed by atoms with Gasteiger partial charge in [0.1, 0.15) is 0 Å². The van der Waals surface area contributed by atoms with Crippen LogP contribution in [0.3, 0.4) is 0 Å². The molecule has 10 heteroatoms. The number of fused-ring (bicyclic) bond motifs is 1. The van der Waals surface area contributed by atoms with E-state index >= 15 is 0 Å². The number of pyridine rings is 1. The first-order valence-corrected chi connectivity index (χ1v) is 12.9. The minimum Gasteiger partial charge on any atom is -0.322 e. The minimum absolute atomic E-state index is 0.00000212. The van der Waals surface area contributed by atoms with Crippen LogP contribution in [0.5, 0.6) is 0 Å². The lowest BCUT2D eigenvalue weighted by atomic mass is 10.1. The molecule has 0 radical (unpaired) electrons. The van der Waals surface area contributed by atoms with Crippen molar-refractivity contribution in [3.8, 4) is 0 Å². The van der Waals surface area contributed by atoms with E-state index in [1.54, 1.807) is 6.07 Å². The lowest BCUT2D eigenvalue weighted by Crippen LogP contribution is -2.35. The molecule has 1 amide bonds. The molecule has 2 aromatic carbocycles. The third-order valence-corrected chi connectivity index (χ3v) is 8.37. The van der Waals surface area contributed by atoms with Crippen molar-refractivity contribution in [3.05, 3.63) is 65.9 Å². The van der Waals surface area contributed by atoms with Gasteiger partial charge in [-0.1, -0.05) is 18.2 Å². The van der Waals surface area contributed by atoms with Crippen LogP contribution in [0.25, 0.3) is 10.9 Å². The third kappa shape index (κ3) is 4.76. The molecule has 0 unspecified atom stereocenters. The Morgan fingerprint density at radius 2 is 1.81 bits per heavy atom. The van der Waals surface area contributed by atoms with E-state index in [0.717, 1.165) is 5.39 Å². The average Bonchev–Trinajstić information content (AvgIpc) is 3.05. The second-order valence-corrected chi connectivity index (χ2v) is 11.5. The molecule has 8 nitrogen and oxygen atoms in total. The molecule has 1 aliphatic rings. The predicted octanol–water partition coefficient (Wildman–Crippen LogP) is 2.26. The lowest BCUT2D eigenvalue weighted by molar-refractivity contribution is 0.102. The molecule has 1 saturated heterocycles. The first-order chi connectivity index (χ1) is 14.6. The molecule has 0 aliphatic carbocycles. The number of aromatic nitrogens is 1. The topological polar surface area (TPSA) is 122 Å². The summed E-state index contributed by atoms with van der Waals surface area (Å²) in [5.41, 5.74) is 2.34. The number of amides is 1. The van der Waals surface area contributed by atoms with Crippen LogP contribution in [-0.4, -0.2) is 45.3 Å². The number of carbonyl (C=O) groups excluding carboxylic acids is 1. The highest BCUT2D eigenvalue weighted by atomic mass is 32.2. The maximum atomic E-state index is 12.8. The Hall–Kier alpha value is -2.82. The van der Waals surface area contributed by atoms with E-state index in [-0.39, 0.29) is 28.7 Å². The zero-order valence-corrected chi connectivity index (χ0v) is 18.3. The molecule has 2 N–H and O–H groups in total. The van der Waals surface area contributed by atoms with Crippen molar-refractivity contribution in [1.82, 2.24) is 9.71 Å². The number of benzene rings is 2. The van der Waals surface area contributed by atoms with Crippen molar-refractivity contribution in [1.29, 1.82) is 0 Å². The van der Waals surface area contributed by atoms with Gasteiger partial charge in [0, 0.05) is 22.8 Å². The van der Waals surface area contributed by atoms with Gasteiger partial charge in [-0.15, -0.1) is 0 Å². The summed E-state index contributed by atoms with van der Waals surface area (Å²) < 4.78 is 50.6. The normalized spacial score (nSPS) is 18.2. The maximum Gasteiger partial charge on any atom is 0.256 e. The van der Waals surface area contributed by atoms with Crippen LogP contribution in [0.4, 0.5) is 5.69 Å². The summed E-state index contributed by atoms with van der Waals surface area (Å²) in [6, 6.07) is 14.1. The van der Waals surface area contributed by atoms with E-state index in [1.807, 2.05) is 31.2 Å². The second kappa shape index (κ2) is 8.03. The molecule has 2 heterocycles. The van der Waals surface area contributed by atoms with Crippen LogP contribution in [0.1, 0.15) is 22.5 Å². The average molecular weight is 460 g/mol. The quantitative estimate of drug-likeness (QED) is 0.603. The van der Waals surface area contributed by atoms with E-state index in [2.05, 4.69) is 15.0 Å². The fourth-order valence-electron chi connectivity index (χ4n) is 3.59. The first-order valence-electron chi connectivity index (χ1n) is 9.63. The van der Waals surface area contributed by atoms with Crippen molar-refractivity contribution in [3.63, 3.8) is 0 Å². The Morgan fingerprint density at radius 1 is 1.10 bits per heavy atom. The zero-order chi connectivity index (χ0) is 22.2. The molecule has 162 valence electrons. The fraction of sp³-hybridized carbons (Fsp3) is 0.238. The lowest BCUT2D eigenvalue weighted by Gasteiger charge is -2.12. The number of hydrogen-bond acceptors (Lipinski definition) is 6. The standard InChI is InChI=1S/C21H21N3O5S2/c1-14-12-19(18-4-2-3-5-20(18)22-14)21(25)23-15-6-8-17(9-7-15)31(28,29)24-16-10-11-30(26,27)13-16/h2-9,12,16,24H,10-11,13H2,1H3,(H,23,25)/t16-/m1/s1. The van der Waals surface area contributed by atoms with Crippen molar-refractivity contribution in [2.24, 2.45) is 0 Å². The van der Waals surface area contributed by atoms with Crippen molar-refractivity contribution >= 4 is 42.4 Å². The van der Waals surface area contributed by atoms with Gasteiger partial charge in [0.2, 0.25) is 10.0 Å². The molecule has 0 spiro atoms. The number of nitrogens with zero attached hydrogens (tertiary/aromatic N) is 1. The zero-order valence-electron chi connectivity index (χ0n) is 16.7. The van der Waals surface area contributed by atoms with Gasteiger partial charge in [0.15, 0.2) is 9.84 Å². The Kier molecular flexibility index (Phi) is 5.54. The molecule has 0 bridgehead atoms. The van der Waals surface area contributed by atoms with Gasteiger partial charge in [0.25, 0.3) is 5.91 Å². The number of anilines is 1. The number of hydrogen-bond donors (Lipinski definition) is 2. The summed E-state index contributed by atoms with van der Waals surface area (Å²) in [5.74, 6) is -0.542. The van der Waals surface area contributed by atoms with Crippen LogP contribution >= 0.6 is 0 Å². The summed E-state index contributed by atoms with van der Waals surface area (Å²) in [5, 5.41) is 3.50. The van der Waals surface area contributed by atoms with Crippen LogP contribution in [0, 0.1) is 6.92 Å². The Morgan fingerprint density at radius 3 is 2.48 bits per heavy atom. The summed E-state index contributed by atoms with van der Waals surface area (Å²) in [4.78, 5) is 17.3. The molecule has 31 heavy (non-hydrogen) atoms. The number of carbonyl (C=O) groups is 1. The van der Waals surface area contributed by atoms with E-state index in [0.29, 0.717) is 22.5 Å². The van der Waals surface area contributed by atoms with Gasteiger partial charge in [-0.3, -0.25) is 9.78 Å². The SMILES string of the molecule is Cc1cc(C(=O)Nc2ccc(S(=O)(=O)N[C@@H]3CCS(=O)(=O)C3)cc2)c2ccccc2n1. The molecule has 1 atom stereocenters. The number of rotatable bonds is 5. The Bertz CT molecular complexity index is 1370.